The number of anilines is 1. The molecule has 2 rings (SSSR count). The highest BCUT2D eigenvalue weighted by atomic mass is 16.1. The molecule has 2 aromatic rings. The molecule has 2 aromatic carbocycles. The van der Waals surface area contributed by atoms with Crippen molar-refractivity contribution in [3.8, 4) is 0 Å². The zero-order chi connectivity index (χ0) is 16.5. The van der Waals surface area contributed by atoms with Gasteiger partial charge in [-0.25, -0.2) is 0 Å². The third-order valence-electron chi connectivity index (χ3n) is 3.80. The Kier molecular flexibility index (Phi) is 6.82. The summed E-state index contributed by atoms with van der Waals surface area (Å²) in [7, 11) is 0. The van der Waals surface area contributed by atoms with Crippen molar-refractivity contribution in [3.05, 3.63) is 65.7 Å². The summed E-state index contributed by atoms with van der Waals surface area (Å²) in [5.74, 6) is 0.406. The molecule has 3 nitrogen and oxygen atoms in total. The number of rotatable bonds is 8. The summed E-state index contributed by atoms with van der Waals surface area (Å²) in [5.41, 5.74) is 3.42. The molecule has 0 spiro atoms. The van der Waals surface area contributed by atoms with Gasteiger partial charge >= 0.3 is 0 Å². The van der Waals surface area contributed by atoms with Crippen molar-refractivity contribution in [2.45, 2.75) is 32.6 Å². The largest absolute Gasteiger partial charge is 0.325 e. The van der Waals surface area contributed by atoms with Gasteiger partial charge in [-0.3, -0.25) is 4.79 Å². The standard InChI is InChI=1S/C20H26N2O/c1-16(2)18-12-6-7-13-19(18)22-20(23)15-21-14-8-11-17-9-4-3-5-10-17/h3-7,9-10,12-13,16,21H,8,11,14-15H2,1-2H3,(H,22,23). The quantitative estimate of drug-likeness (QED) is 0.724. The second kappa shape index (κ2) is 9.11. The monoisotopic (exact) mass is 310 g/mol. The van der Waals surface area contributed by atoms with Crippen molar-refractivity contribution in [1.29, 1.82) is 0 Å². The summed E-state index contributed by atoms with van der Waals surface area (Å²) in [5, 5.41) is 6.21. The Balaban J connectivity index is 1.69. The second-order valence-electron chi connectivity index (χ2n) is 6.06. The molecule has 2 N–H and O–H groups in total. The highest BCUT2D eigenvalue weighted by Gasteiger charge is 2.08. The topological polar surface area (TPSA) is 41.1 Å². The third-order valence-corrected chi connectivity index (χ3v) is 3.80. The first-order chi connectivity index (χ1) is 11.2. The van der Waals surface area contributed by atoms with Crippen LogP contribution < -0.4 is 10.6 Å². The average Bonchev–Trinajstić information content (AvgIpc) is 2.56. The minimum atomic E-state index is 0.0119. The molecule has 0 atom stereocenters. The van der Waals surface area contributed by atoms with Crippen LogP contribution in [0.15, 0.2) is 54.6 Å². The lowest BCUT2D eigenvalue weighted by atomic mass is 10.0. The van der Waals surface area contributed by atoms with Gasteiger partial charge in [-0.2, -0.15) is 0 Å². The van der Waals surface area contributed by atoms with Gasteiger partial charge in [0, 0.05) is 5.69 Å². The Morgan fingerprint density at radius 3 is 2.43 bits per heavy atom. The Morgan fingerprint density at radius 1 is 1.00 bits per heavy atom. The number of benzene rings is 2. The highest BCUT2D eigenvalue weighted by Crippen LogP contribution is 2.23. The average molecular weight is 310 g/mol. The Labute approximate surface area is 139 Å². The zero-order valence-electron chi connectivity index (χ0n) is 14.0. The van der Waals surface area contributed by atoms with Crippen LogP contribution in [0, 0.1) is 0 Å². The van der Waals surface area contributed by atoms with Crippen molar-refractivity contribution in [2.75, 3.05) is 18.4 Å². The minimum Gasteiger partial charge on any atom is -0.325 e. The van der Waals surface area contributed by atoms with Gasteiger partial charge in [-0.1, -0.05) is 62.4 Å². The molecular formula is C20H26N2O. The van der Waals surface area contributed by atoms with Crippen LogP contribution in [0.1, 0.15) is 37.3 Å². The predicted molar refractivity (Wildman–Crippen MR) is 96.8 cm³/mol. The molecule has 0 heterocycles. The van der Waals surface area contributed by atoms with Gasteiger partial charge in [0.05, 0.1) is 6.54 Å². The van der Waals surface area contributed by atoms with Gasteiger partial charge in [-0.15, -0.1) is 0 Å². The van der Waals surface area contributed by atoms with Gasteiger partial charge in [-0.05, 0) is 42.5 Å². The number of hydrogen-bond donors (Lipinski definition) is 2. The number of amides is 1. The number of aryl methyl sites for hydroxylation is 1. The number of hydrogen-bond acceptors (Lipinski definition) is 2. The van der Waals surface area contributed by atoms with Crippen LogP contribution in [-0.4, -0.2) is 19.0 Å². The van der Waals surface area contributed by atoms with E-state index in [1.807, 2.05) is 24.3 Å². The lowest BCUT2D eigenvalue weighted by Gasteiger charge is -2.13. The maximum absolute atomic E-state index is 12.0. The fourth-order valence-electron chi connectivity index (χ4n) is 2.57. The molecule has 0 aromatic heterocycles. The number of para-hydroxylation sites is 1. The molecule has 122 valence electrons. The van der Waals surface area contributed by atoms with Gasteiger partial charge in [0.15, 0.2) is 0 Å². The maximum Gasteiger partial charge on any atom is 0.238 e. The zero-order valence-corrected chi connectivity index (χ0v) is 14.0. The molecule has 0 radical (unpaired) electrons. The smallest absolute Gasteiger partial charge is 0.238 e. The Morgan fingerprint density at radius 2 is 1.70 bits per heavy atom. The molecule has 23 heavy (non-hydrogen) atoms. The third kappa shape index (κ3) is 5.87. The Bertz CT molecular complexity index is 608. The van der Waals surface area contributed by atoms with E-state index >= 15 is 0 Å². The van der Waals surface area contributed by atoms with Crippen molar-refractivity contribution >= 4 is 11.6 Å². The van der Waals surface area contributed by atoms with Crippen LogP contribution >= 0.6 is 0 Å². The van der Waals surface area contributed by atoms with Crippen LogP contribution in [0.5, 0.6) is 0 Å². The van der Waals surface area contributed by atoms with E-state index in [0.29, 0.717) is 12.5 Å². The fourth-order valence-corrected chi connectivity index (χ4v) is 2.57. The van der Waals surface area contributed by atoms with Gasteiger partial charge in [0.25, 0.3) is 0 Å². The maximum atomic E-state index is 12.0. The van der Waals surface area contributed by atoms with Crippen molar-refractivity contribution in [2.24, 2.45) is 0 Å². The van der Waals surface area contributed by atoms with Crippen molar-refractivity contribution in [1.82, 2.24) is 5.32 Å². The summed E-state index contributed by atoms with van der Waals surface area (Å²) in [4.78, 5) is 12.0. The molecule has 0 bridgehead atoms. The van der Waals surface area contributed by atoms with Crippen LogP contribution in [0.4, 0.5) is 5.69 Å². The molecule has 1 amide bonds. The first kappa shape index (κ1) is 17.2. The van der Waals surface area contributed by atoms with Crippen LogP contribution in [0.25, 0.3) is 0 Å². The summed E-state index contributed by atoms with van der Waals surface area (Å²) < 4.78 is 0. The van der Waals surface area contributed by atoms with Gasteiger partial charge < -0.3 is 10.6 Å². The van der Waals surface area contributed by atoms with E-state index in [1.54, 1.807) is 0 Å². The molecule has 0 saturated carbocycles. The van der Waals surface area contributed by atoms with Crippen LogP contribution in [-0.2, 0) is 11.2 Å². The van der Waals surface area contributed by atoms with Crippen LogP contribution in [0.2, 0.25) is 0 Å². The fraction of sp³-hybridized carbons (Fsp3) is 0.350. The molecule has 3 heteroatoms. The second-order valence-corrected chi connectivity index (χ2v) is 6.06. The number of carbonyl (C=O) groups excluding carboxylic acids is 1. The summed E-state index contributed by atoms with van der Waals surface area (Å²) in [6.45, 7) is 5.45. The van der Waals surface area contributed by atoms with Crippen molar-refractivity contribution < 1.29 is 4.79 Å². The van der Waals surface area contributed by atoms with E-state index in [-0.39, 0.29) is 5.91 Å². The number of nitrogens with one attached hydrogen (secondary N) is 2. The first-order valence-electron chi connectivity index (χ1n) is 8.30. The molecule has 0 unspecified atom stereocenters. The summed E-state index contributed by atoms with van der Waals surface area (Å²) in [6.07, 6.45) is 2.06. The number of carbonyl (C=O) groups is 1. The lowest BCUT2D eigenvalue weighted by molar-refractivity contribution is -0.115. The van der Waals surface area contributed by atoms with Crippen LogP contribution in [0.3, 0.4) is 0 Å². The summed E-state index contributed by atoms with van der Waals surface area (Å²) in [6, 6.07) is 18.4. The lowest BCUT2D eigenvalue weighted by Crippen LogP contribution is -2.29. The first-order valence-corrected chi connectivity index (χ1v) is 8.30. The molecule has 0 aliphatic carbocycles. The molecule has 0 aliphatic heterocycles. The van der Waals surface area contributed by atoms with E-state index in [4.69, 9.17) is 0 Å². The molecule has 0 fully saturated rings. The van der Waals surface area contributed by atoms with Crippen molar-refractivity contribution in [3.63, 3.8) is 0 Å². The van der Waals surface area contributed by atoms with Gasteiger partial charge in [0.1, 0.15) is 0 Å². The minimum absolute atomic E-state index is 0.0119. The van der Waals surface area contributed by atoms with E-state index in [1.165, 1.54) is 11.1 Å². The molecule has 0 saturated heterocycles. The summed E-state index contributed by atoms with van der Waals surface area (Å²) >= 11 is 0. The predicted octanol–water partition coefficient (Wildman–Crippen LogP) is 3.97. The van der Waals surface area contributed by atoms with Gasteiger partial charge in [0.2, 0.25) is 5.91 Å². The van der Waals surface area contributed by atoms with E-state index < -0.39 is 0 Å². The van der Waals surface area contributed by atoms with E-state index in [0.717, 1.165) is 25.1 Å². The van der Waals surface area contributed by atoms with E-state index in [9.17, 15) is 4.79 Å². The molecule has 0 aliphatic rings. The highest BCUT2D eigenvalue weighted by molar-refractivity contribution is 5.93. The SMILES string of the molecule is CC(C)c1ccccc1NC(=O)CNCCCc1ccccc1. The molecular weight excluding hydrogens is 284 g/mol. The van der Waals surface area contributed by atoms with E-state index in [2.05, 4.69) is 54.8 Å². The normalized spacial score (nSPS) is 10.7. The Hall–Kier alpha value is -2.13.